The number of H-pyrrole nitrogens is 1. The van der Waals surface area contributed by atoms with E-state index in [1.807, 2.05) is 0 Å². The van der Waals surface area contributed by atoms with E-state index in [-0.39, 0.29) is 5.69 Å². The van der Waals surface area contributed by atoms with Crippen molar-refractivity contribution in [3.8, 4) is 0 Å². The maximum Gasteiger partial charge on any atom is 0.349 e. The number of rotatable bonds is 3. The summed E-state index contributed by atoms with van der Waals surface area (Å²) in [5.41, 5.74) is 1.70. The van der Waals surface area contributed by atoms with E-state index in [4.69, 9.17) is 0 Å². The minimum atomic E-state index is -0.257. The van der Waals surface area contributed by atoms with Gasteiger partial charge in [-0.1, -0.05) is 11.6 Å². The van der Waals surface area contributed by atoms with Gasteiger partial charge in [0.15, 0.2) is 5.65 Å². The molecule has 0 fully saturated rings. The summed E-state index contributed by atoms with van der Waals surface area (Å²) in [6, 6.07) is 1.77. The van der Waals surface area contributed by atoms with Crippen LogP contribution in [0.2, 0.25) is 0 Å². The first-order chi connectivity index (χ1) is 9.24. The second-order valence-electron chi connectivity index (χ2n) is 4.58. The third-order valence-corrected chi connectivity index (χ3v) is 3.22. The monoisotopic (exact) mass is 260 g/mol. The highest BCUT2D eigenvalue weighted by Crippen LogP contribution is 2.10. The molecule has 3 heterocycles. The van der Waals surface area contributed by atoms with Crippen LogP contribution < -0.4 is 16.3 Å². The molecule has 0 atom stereocenters. The van der Waals surface area contributed by atoms with Gasteiger partial charge in [0.2, 0.25) is 0 Å². The zero-order valence-corrected chi connectivity index (χ0v) is 10.7. The molecule has 0 amide bonds. The Hall–Kier alpha value is -2.15. The Morgan fingerprint density at radius 1 is 1.53 bits per heavy atom. The number of hydrogen-bond acceptors (Lipinski definition) is 5. The zero-order chi connectivity index (χ0) is 13.2. The number of aromatic nitrogens is 4. The van der Waals surface area contributed by atoms with Gasteiger partial charge in [-0.05, 0) is 19.9 Å². The van der Waals surface area contributed by atoms with Crippen LogP contribution in [0, 0.1) is 6.92 Å². The first-order valence-corrected chi connectivity index (χ1v) is 6.31. The maximum atomic E-state index is 11.5. The summed E-state index contributed by atoms with van der Waals surface area (Å²) < 4.78 is 1.45. The number of nitrogens with one attached hydrogen (secondary N) is 3. The van der Waals surface area contributed by atoms with Crippen LogP contribution >= 0.6 is 0 Å². The molecule has 100 valence electrons. The predicted octanol–water partition coefficient (Wildman–Crippen LogP) is 0.0576. The van der Waals surface area contributed by atoms with E-state index in [9.17, 15) is 4.79 Å². The lowest BCUT2D eigenvalue weighted by atomic mass is 10.1. The summed E-state index contributed by atoms with van der Waals surface area (Å²) in [6.45, 7) is 4.52. The molecule has 2 aromatic rings. The summed E-state index contributed by atoms with van der Waals surface area (Å²) in [6.07, 6.45) is 3.25. The molecule has 0 aliphatic carbocycles. The summed E-state index contributed by atoms with van der Waals surface area (Å²) >= 11 is 0. The van der Waals surface area contributed by atoms with E-state index < -0.39 is 0 Å². The summed E-state index contributed by atoms with van der Waals surface area (Å²) in [5, 5.41) is 12.9. The van der Waals surface area contributed by atoms with Crippen molar-refractivity contribution in [3.05, 3.63) is 34.0 Å². The molecule has 2 aromatic heterocycles. The van der Waals surface area contributed by atoms with Gasteiger partial charge < -0.3 is 10.6 Å². The highest BCUT2D eigenvalue weighted by molar-refractivity contribution is 5.50. The number of anilines is 1. The zero-order valence-electron chi connectivity index (χ0n) is 10.7. The summed E-state index contributed by atoms with van der Waals surface area (Å²) in [5.74, 6) is 1.36. The Bertz CT molecular complexity index is 683. The van der Waals surface area contributed by atoms with Gasteiger partial charge in [-0.3, -0.25) is 0 Å². The molecular formula is C12H16N6O. The Morgan fingerprint density at radius 2 is 2.42 bits per heavy atom. The molecule has 0 unspecified atom stereocenters. The predicted molar refractivity (Wildman–Crippen MR) is 72.4 cm³/mol. The van der Waals surface area contributed by atoms with E-state index >= 15 is 0 Å². The fraction of sp³-hybridized carbons (Fsp3) is 0.417. The van der Waals surface area contributed by atoms with Gasteiger partial charge in [0.05, 0.1) is 0 Å². The normalized spacial score (nSPS) is 15.5. The van der Waals surface area contributed by atoms with Gasteiger partial charge in [0.25, 0.3) is 0 Å². The topological polar surface area (TPSA) is 87.1 Å². The first kappa shape index (κ1) is 11.9. The summed E-state index contributed by atoms with van der Waals surface area (Å²) in [4.78, 5) is 15.9. The first-order valence-electron chi connectivity index (χ1n) is 6.31. The van der Waals surface area contributed by atoms with Crippen molar-refractivity contribution >= 4 is 11.5 Å². The molecule has 0 aromatic carbocycles. The summed E-state index contributed by atoms with van der Waals surface area (Å²) in [7, 11) is 0. The van der Waals surface area contributed by atoms with Crippen LogP contribution in [0.4, 0.5) is 5.82 Å². The van der Waals surface area contributed by atoms with E-state index in [2.05, 4.69) is 31.9 Å². The minimum Gasteiger partial charge on any atom is -0.366 e. The van der Waals surface area contributed by atoms with Crippen LogP contribution in [-0.2, 0) is 0 Å². The molecule has 0 saturated carbocycles. The Morgan fingerprint density at radius 3 is 3.21 bits per heavy atom. The molecule has 0 spiro atoms. The molecule has 7 nitrogen and oxygen atoms in total. The number of fused-ring (bicyclic) bond motifs is 1. The van der Waals surface area contributed by atoms with Gasteiger partial charge in [0, 0.05) is 19.2 Å². The van der Waals surface area contributed by atoms with Gasteiger partial charge in [-0.2, -0.15) is 5.10 Å². The third kappa shape index (κ3) is 2.37. The average Bonchev–Trinajstić information content (AvgIpc) is 2.80. The second-order valence-corrected chi connectivity index (χ2v) is 4.58. The Labute approximate surface area is 109 Å². The van der Waals surface area contributed by atoms with E-state index in [1.54, 1.807) is 13.0 Å². The highest BCUT2D eigenvalue weighted by Gasteiger charge is 2.08. The molecule has 19 heavy (non-hydrogen) atoms. The molecule has 3 rings (SSSR count). The van der Waals surface area contributed by atoms with E-state index in [0.717, 1.165) is 31.9 Å². The van der Waals surface area contributed by atoms with Crippen LogP contribution in [0.1, 0.15) is 12.2 Å². The standard InChI is InChI=1S/C12H16N6O/c1-8-15-10(6-11-16-17-12(19)18(8)11)14-7-9-2-4-13-5-3-9/h2,6,13-14H,3-5,7H2,1H3,(H,17,19). The lowest BCUT2D eigenvalue weighted by molar-refractivity contribution is 0.697. The Kier molecular flexibility index (Phi) is 3.04. The number of hydrogen-bond donors (Lipinski definition) is 3. The van der Waals surface area contributed by atoms with Crippen molar-refractivity contribution in [2.45, 2.75) is 13.3 Å². The molecule has 0 bridgehead atoms. The van der Waals surface area contributed by atoms with E-state index in [0.29, 0.717) is 11.5 Å². The Balaban J connectivity index is 1.81. The van der Waals surface area contributed by atoms with Crippen molar-refractivity contribution in [2.24, 2.45) is 0 Å². The molecule has 0 saturated heterocycles. The molecule has 3 N–H and O–H groups in total. The van der Waals surface area contributed by atoms with Crippen LogP contribution in [0.3, 0.4) is 0 Å². The quantitative estimate of drug-likeness (QED) is 0.679. The lowest BCUT2D eigenvalue weighted by Gasteiger charge is -2.15. The fourth-order valence-corrected chi connectivity index (χ4v) is 2.22. The van der Waals surface area contributed by atoms with Gasteiger partial charge in [-0.15, -0.1) is 0 Å². The van der Waals surface area contributed by atoms with Crippen molar-refractivity contribution < 1.29 is 0 Å². The smallest absolute Gasteiger partial charge is 0.349 e. The lowest BCUT2D eigenvalue weighted by Crippen LogP contribution is -2.23. The van der Waals surface area contributed by atoms with Crippen molar-refractivity contribution in [1.29, 1.82) is 0 Å². The SMILES string of the molecule is Cc1nc(NCC2=CCNCC2)cc2n[nH]c(=O)n12. The highest BCUT2D eigenvalue weighted by atomic mass is 16.1. The van der Waals surface area contributed by atoms with Crippen molar-refractivity contribution in [2.75, 3.05) is 25.0 Å². The van der Waals surface area contributed by atoms with Gasteiger partial charge in [-0.25, -0.2) is 19.3 Å². The van der Waals surface area contributed by atoms with E-state index in [1.165, 1.54) is 9.97 Å². The minimum absolute atomic E-state index is 0.257. The van der Waals surface area contributed by atoms with Crippen LogP contribution in [0.25, 0.3) is 5.65 Å². The van der Waals surface area contributed by atoms with Crippen LogP contribution in [0.15, 0.2) is 22.5 Å². The number of nitrogens with zero attached hydrogens (tertiary/aromatic N) is 3. The van der Waals surface area contributed by atoms with Gasteiger partial charge >= 0.3 is 5.69 Å². The van der Waals surface area contributed by atoms with Crippen LogP contribution in [0.5, 0.6) is 0 Å². The number of aryl methyl sites for hydroxylation is 1. The fourth-order valence-electron chi connectivity index (χ4n) is 2.22. The van der Waals surface area contributed by atoms with Crippen molar-refractivity contribution in [3.63, 3.8) is 0 Å². The maximum absolute atomic E-state index is 11.5. The molecule has 1 aliphatic rings. The third-order valence-electron chi connectivity index (χ3n) is 3.22. The largest absolute Gasteiger partial charge is 0.366 e. The van der Waals surface area contributed by atoms with Crippen molar-refractivity contribution in [1.82, 2.24) is 24.9 Å². The number of aromatic amines is 1. The van der Waals surface area contributed by atoms with Crippen LogP contribution in [-0.4, -0.2) is 39.2 Å². The molecular weight excluding hydrogens is 244 g/mol. The molecule has 1 aliphatic heterocycles. The molecule has 7 heteroatoms. The van der Waals surface area contributed by atoms with Gasteiger partial charge in [0.1, 0.15) is 11.6 Å². The molecule has 0 radical (unpaired) electrons. The second kappa shape index (κ2) is 4.85. The average molecular weight is 260 g/mol.